The molecule has 4 nitrogen and oxygen atoms in total. The molecule has 24 heavy (non-hydrogen) atoms. The minimum absolute atomic E-state index is 0.0943. The zero-order chi connectivity index (χ0) is 17.6. The highest BCUT2D eigenvalue weighted by Gasteiger charge is 2.12. The molecule has 0 aliphatic carbocycles. The summed E-state index contributed by atoms with van der Waals surface area (Å²) in [4.78, 5) is 11.7. The molecule has 1 amide bonds. The number of amides is 1. The lowest BCUT2D eigenvalue weighted by Gasteiger charge is -2.18. The van der Waals surface area contributed by atoms with E-state index in [1.54, 1.807) is 12.3 Å². The minimum Gasteiger partial charge on any atom is -0.483 e. The van der Waals surface area contributed by atoms with Gasteiger partial charge in [-0.1, -0.05) is 57.2 Å². The summed E-state index contributed by atoms with van der Waals surface area (Å²) in [5, 5.41) is 3.95. The van der Waals surface area contributed by atoms with Crippen LogP contribution in [-0.2, 0) is 10.2 Å². The van der Waals surface area contributed by atoms with Crippen molar-refractivity contribution in [2.75, 3.05) is 6.61 Å². The topological polar surface area (TPSA) is 50.7 Å². The summed E-state index contributed by atoms with van der Waals surface area (Å²) < 4.78 is 6.23. The summed E-state index contributed by atoms with van der Waals surface area (Å²) in [5.74, 6) is 0.308. The van der Waals surface area contributed by atoms with E-state index in [9.17, 15) is 4.79 Å². The molecule has 1 N–H and O–H groups in total. The van der Waals surface area contributed by atoms with E-state index in [-0.39, 0.29) is 17.9 Å². The summed E-state index contributed by atoms with van der Waals surface area (Å²) in [5.41, 5.74) is 4.75. The number of para-hydroxylation sites is 1. The van der Waals surface area contributed by atoms with E-state index in [0.717, 1.165) is 10.0 Å². The molecule has 2 aromatic carbocycles. The Bertz CT molecular complexity index is 719. The van der Waals surface area contributed by atoms with Gasteiger partial charge in [-0.2, -0.15) is 5.10 Å². The van der Waals surface area contributed by atoms with Crippen molar-refractivity contribution >= 4 is 28.1 Å². The van der Waals surface area contributed by atoms with Gasteiger partial charge in [-0.05, 0) is 44.6 Å². The second-order valence-electron chi connectivity index (χ2n) is 6.38. The normalized spacial score (nSPS) is 11.5. The fourth-order valence-electron chi connectivity index (χ4n) is 1.99. The highest BCUT2D eigenvalue weighted by Crippen LogP contribution is 2.23. The lowest BCUT2D eigenvalue weighted by Crippen LogP contribution is -2.24. The van der Waals surface area contributed by atoms with Crippen LogP contribution in [0.3, 0.4) is 0 Å². The quantitative estimate of drug-likeness (QED) is 0.613. The Morgan fingerprint density at radius 1 is 1.17 bits per heavy atom. The fraction of sp³-hybridized carbons (Fsp3) is 0.263. The van der Waals surface area contributed by atoms with Crippen LogP contribution in [0.5, 0.6) is 5.75 Å². The molecule has 0 heterocycles. The molecule has 0 aliphatic heterocycles. The maximum absolute atomic E-state index is 11.7. The highest BCUT2D eigenvalue weighted by molar-refractivity contribution is 9.10. The van der Waals surface area contributed by atoms with Crippen LogP contribution in [0.4, 0.5) is 0 Å². The summed E-state index contributed by atoms with van der Waals surface area (Å²) >= 11 is 3.36. The summed E-state index contributed by atoms with van der Waals surface area (Å²) in [6.07, 6.45) is 1.61. The van der Waals surface area contributed by atoms with E-state index in [1.807, 2.05) is 30.3 Å². The number of hydrazone groups is 1. The molecule has 0 radical (unpaired) electrons. The molecule has 0 aliphatic rings. The van der Waals surface area contributed by atoms with Gasteiger partial charge in [0.1, 0.15) is 5.75 Å². The average Bonchev–Trinajstić information content (AvgIpc) is 2.54. The number of ether oxygens (including phenoxy) is 1. The molecule has 0 fully saturated rings. The van der Waals surface area contributed by atoms with Gasteiger partial charge in [-0.3, -0.25) is 4.79 Å². The monoisotopic (exact) mass is 388 g/mol. The first-order valence-corrected chi connectivity index (χ1v) is 8.45. The fourth-order valence-corrected chi connectivity index (χ4v) is 2.38. The first kappa shape index (κ1) is 18.2. The molecule has 0 bridgehead atoms. The van der Waals surface area contributed by atoms with Crippen LogP contribution in [-0.4, -0.2) is 18.7 Å². The SMILES string of the molecule is CC(C)(C)c1ccc(/C=N/NC(=O)COc2ccccc2Br)cc1. The van der Waals surface area contributed by atoms with E-state index in [4.69, 9.17) is 4.74 Å². The number of nitrogens with one attached hydrogen (secondary N) is 1. The van der Waals surface area contributed by atoms with Crippen LogP contribution in [0.1, 0.15) is 31.9 Å². The predicted octanol–water partition coefficient (Wildman–Crippen LogP) is 4.28. The molecule has 0 saturated heterocycles. The predicted molar refractivity (Wildman–Crippen MR) is 101 cm³/mol. The molecule has 0 unspecified atom stereocenters. The van der Waals surface area contributed by atoms with Crippen molar-refractivity contribution in [3.8, 4) is 5.75 Å². The molecule has 0 spiro atoms. The van der Waals surface area contributed by atoms with Crippen LogP contribution < -0.4 is 10.2 Å². The van der Waals surface area contributed by atoms with Crippen molar-refractivity contribution in [2.24, 2.45) is 5.10 Å². The molecule has 2 aromatic rings. The number of benzene rings is 2. The molecule has 5 heteroatoms. The molecule has 0 aromatic heterocycles. The third-order valence-electron chi connectivity index (χ3n) is 3.37. The molecular weight excluding hydrogens is 368 g/mol. The van der Waals surface area contributed by atoms with Gasteiger partial charge in [0.15, 0.2) is 6.61 Å². The first-order chi connectivity index (χ1) is 11.4. The number of carbonyl (C=O) groups excluding carboxylic acids is 1. The third-order valence-corrected chi connectivity index (χ3v) is 4.03. The Morgan fingerprint density at radius 2 is 1.83 bits per heavy atom. The van der Waals surface area contributed by atoms with Crippen LogP contribution in [0.15, 0.2) is 58.1 Å². The lowest BCUT2D eigenvalue weighted by atomic mass is 9.87. The Balaban J connectivity index is 1.83. The van der Waals surface area contributed by atoms with E-state index < -0.39 is 0 Å². The van der Waals surface area contributed by atoms with Crippen LogP contribution in [0, 0.1) is 0 Å². The molecule has 126 valence electrons. The van der Waals surface area contributed by atoms with Crippen molar-refractivity contribution in [1.82, 2.24) is 5.43 Å². The van der Waals surface area contributed by atoms with Gasteiger partial charge in [0, 0.05) is 0 Å². The smallest absolute Gasteiger partial charge is 0.277 e. The summed E-state index contributed by atoms with van der Waals surface area (Å²) in [6.45, 7) is 6.41. The largest absolute Gasteiger partial charge is 0.483 e. The maximum atomic E-state index is 11.7. The highest BCUT2D eigenvalue weighted by atomic mass is 79.9. The number of halogens is 1. The summed E-state index contributed by atoms with van der Waals surface area (Å²) in [6, 6.07) is 15.5. The van der Waals surface area contributed by atoms with Gasteiger partial charge in [0.25, 0.3) is 5.91 Å². The van der Waals surface area contributed by atoms with Crippen molar-refractivity contribution in [3.63, 3.8) is 0 Å². The Kier molecular flexibility index (Phi) is 6.15. The molecular formula is C19H21BrN2O2. The van der Waals surface area contributed by atoms with Gasteiger partial charge in [-0.25, -0.2) is 5.43 Å². The van der Waals surface area contributed by atoms with Crippen LogP contribution in [0.25, 0.3) is 0 Å². The lowest BCUT2D eigenvalue weighted by molar-refractivity contribution is -0.123. The Labute approximate surface area is 151 Å². The van der Waals surface area contributed by atoms with E-state index >= 15 is 0 Å². The minimum atomic E-state index is -0.312. The number of nitrogens with zero attached hydrogens (tertiary/aromatic N) is 1. The third kappa shape index (κ3) is 5.49. The summed E-state index contributed by atoms with van der Waals surface area (Å²) in [7, 11) is 0. The Hall–Kier alpha value is -2.14. The van der Waals surface area contributed by atoms with Gasteiger partial charge in [0.2, 0.25) is 0 Å². The maximum Gasteiger partial charge on any atom is 0.277 e. The number of carbonyl (C=O) groups is 1. The van der Waals surface area contributed by atoms with E-state index in [1.165, 1.54) is 5.56 Å². The molecule has 0 atom stereocenters. The van der Waals surface area contributed by atoms with Crippen molar-refractivity contribution < 1.29 is 9.53 Å². The number of hydrogen-bond donors (Lipinski definition) is 1. The zero-order valence-electron chi connectivity index (χ0n) is 14.0. The van der Waals surface area contributed by atoms with Crippen molar-refractivity contribution in [3.05, 3.63) is 64.1 Å². The Morgan fingerprint density at radius 3 is 2.46 bits per heavy atom. The van der Waals surface area contributed by atoms with Gasteiger partial charge in [-0.15, -0.1) is 0 Å². The van der Waals surface area contributed by atoms with Gasteiger partial charge < -0.3 is 4.74 Å². The van der Waals surface area contributed by atoms with Crippen molar-refractivity contribution in [2.45, 2.75) is 26.2 Å². The average molecular weight is 389 g/mol. The molecule has 0 saturated carbocycles. The van der Waals surface area contributed by atoms with E-state index in [0.29, 0.717) is 5.75 Å². The van der Waals surface area contributed by atoms with Crippen molar-refractivity contribution in [1.29, 1.82) is 0 Å². The second-order valence-corrected chi connectivity index (χ2v) is 7.24. The second kappa shape index (κ2) is 8.11. The molecule has 2 rings (SSSR count). The van der Waals surface area contributed by atoms with Crippen LogP contribution >= 0.6 is 15.9 Å². The van der Waals surface area contributed by atoms with Gasteiger partial charge >= 0.3 is 0 Å². The van der Waals surface area contributed by atoms with E-state index in [2.05, 4.69) is 59.4 Å². The standard InChI is InChI=1S/C19H21BrN2O2/c1-19(2,3)15-10-8-14(9-11-15)12-21-22-18(23)13-24-17-7-5-4-6-16(17)20/h4-12H,13H2,1-3H3,(H,22,23)/b21-12+. The van der Waals surface area contributed by atoms with Gasteiger partial charge in [0.05, 0.1) is 10.7 Å². The number of rotatable bonds is 5. The van der Waals surface area contributed by atoms with Crippen LogP contribution in [0.2, 0.25) is 0 Å². The zero-order valence-corrected chi connectivity index (χ0v) is 15.6. The first-order valence-electron chi connectivity index (χ1n) is 7.66. The number of hydrogen-bond acceptors (Lipinski definition) is 3.